The van der Waals surface area contributed by atoms with Gasteiger partial charge in [-0.1, -0.05) is 11.6 Å². The Morgan fingerprint density at radius 2 is 1.86 bits per heavy atom. The first-order valence-electron chi connectivity index (χ1n) is 7.45. The SMILES string of the molecule is O=C(O)CN(O)C(=O)c1cc(Oc2ccc(C(F)(F)F)cc2Cl)ccc1[N+](=O)[O-]. The summed E-state index contributed by atoms with van der Waals surface area (Å²) in [4.78, 5) is 32.9. The molecule has 0 aromatic heterocycles. The highest BCUT2D eigenvalue weighted by molar-refractivity contribution is 6.32. The number of amides is 1. The van der Waals surface area contributed by atoms with E-state index in [0.29, 0.717) is 12.1 Å². The molecular formula is C16H10ClF3N2O7. The topological polar surface area (TPSA) is 130 Å². The highest BCUT2D eigenvalue weighted by atomic mass is 35.5. The number of carbonyl (C=O) groups is 2. The van der Waals surface area contributed by atoms with Crippen molar-refractivity contribution in [2.24, 2.45) is 0 Å². The zero-order valence-corrected chi connectivity index (χ0v) is 14.8. The fourth-order valence-electron chi connectivity index (χ4n) is 2.14. The van der Waals surface area contributed by atoms with Crippen LogP contribution in [-0.4, -0.2) is 38.7 Å². The van der Waals surface area contributed by atoms with E-state index in [9.17, 15) is 38.1 Å². The quantitative estimate of drug-likeness (QED) is 0.399. The van der Waals surface area contributed by atoms with E-state index in [1.54, 1.807) is 0 Å². The first-order chi connectivity index (χ1) is 13.4. The molecule has 0 heterocycles. The van der Waals surface area contributed by atoms with Crippen LogP contribution in [0.1, 0.15) is 15.9 Å². The molecule has 0 saturated heterocycles. The second-order valence-electron chi connectivity index (χ2n) is 5.44. The van der Waals surface area contributed by atoms with Crippen molar-refractivity contribution in [3.05, 3.63) is 62.7 Å². The van der Waals surface area contributed by atoms with Gasteiger partial charge in [0.2, 0.25) is 0 Å². The first-order valence-corrected chi connectivity index (χ1v) is 7.83. The summed E-state index contributed by atoms with van der Waals surface area (Å²) >= 11 is 5.76. The van der Waals surface area contributed by atoms with Crippen molar-refractivity contribution in [3.63, 3.8) is 0 Å². The van der Waals surface area contributed by atoms with Crippen LogP contribution < -0.4 is 4.74 Å². The Balaban J connectivity index is 2.39. The second kappa shape index (κ2) is 8.32. The van der Waals surface area contributed by atoms with Crippen LogP contribution in [0.2, 0.25) is 5.02 Å². The molecule has 0 radical (unpaired) electrons. The van der Waals surface area contributed by atoms with Crippen LogP contribution in [0.3, 0.4) is 0 Å². The molecular weight excluding hydrogens is 425 g/mol. The summed E-state index contributed by atoms with van der Waals surface area (Å²) in [5, 5.41) is 28.5. The summed E-state index contributed by atoms with van der Waals surface area (Å²) in [5.74, 6) is -3.45. The molecule has 1 amide bonds. The third-order valence-electron chi connectivity index (χ3n) is 3.40. The van der Waals surface area contributed by atoms with Gasteiger partial charge in [0.15, 0.2) is 0 Å². The Hall–Kier alpha value is -3.38. The number of carbonyl (C=O) groups excluding carboxylic acids is 1. The lowest BCUT2D eigenvalue weighted by molar-refractivity contribution is -0.385. The van der Waals surface area contributed by atoms with E-state index in [-0.39, 0.29) is 16.6 Å². The van der Waals surface area contributed by atoms with Crippen molar-refractivity contribution in [2.75, 3.05) is 6.54 Å². The van der Waals surface area contributed by atoms with Crippen molar-refractivity contribution < 1.29 is 42.7 Å². The summed E-state index contributed by atoms with van der Waals surface area (Å²) in [5.41, 5.74) is -2.50. The lowest BCUT2D eigenvalue weighted by Gasteiger charge is -2.14. The molecule has 0 spiro atoms. The number of carboxylic acid groups (broad SMARTS) is 1. The number of hydrogen-bond donors (Lipinski definition) is 2. The maximum Gasteiger partial charge on any atom is 0.416 e. The van der Waals surface area contributed by atoms with Gasteiger partial charge in [0, 0.05) is 12.1 Å². The largest absolute Gasteiger partial charge is 0.480 e. The molecule has 154 valence electrons. The number of carboxylic acids is 1. The van der Waals surface area contributed by atoms with Crippen LogP contribution in [0.15, 0.2) is 36.4 Å². The molecule has 29 heavy (non-hydrogen) atoms. The predicted octanol–water partition coefficient (Wildman–Crippen LogP) is 3.98. The average Bonchev–Trinajstić information content (AvgIpc) is 2.61. The van der Waals surface area contributed by atoms with Gasteiger partial charge >= 0.3 is 12.1 Å². The van der Waals surface area contributed by atoms with Gasteiger partial charge < -0.3 is 9.84 Å². The maximum atomic E-state index is 12.7. The van der Waals surface area contributed by atoms with E-state index in [2.05, 4.69) is 0 Å². The minimum atomic E-state index is -4.64. The van der Waals surface area contributed by atoms with Crippen LogP contribution in [-0.2, 0) is 11.0 Å². The molecule has 0 aliphatic heterocycles. The molecule has 0 unspecified atom stereocenters. The Morgan fingerprint density at radius 3 is 2.38 bits per heavy atom. The minimum absolute atomic E-state index is 0.232. The number of hydrogen-bond acceptors (Lipinski definition) is 6. The molecule has 9 nitrogen and oxygen atoms in total. The fraction of sp³-hybridized carbons (Fsp3) is 0.125. The Kier molecular flexibility index (Phi) is 6.29. The summed E-state index contributed by atoms with van der Waals surface area (Å²) < 4.78 is 43.3. The van der Waals surface area contributed by atoms with Crippen LogP contribution in [0.25, 0.3) is 0 Å². The number of aliphatic carboxylic acids is 1. The smallest absolute Gasteiger partial charge is 0.416 e. The second-order valence-corrected chi connectivity index (χ2v) is 5.84. The van der Waals surface area contributed by atoms with Gasteiger partial charge in [-0.15, -0.1) is 0 Å². The van der Waals surface area contributed by atoms with Crippen molar-refractivity contribution in [2.45, 2.75) is 6.18 Å². The predicted molar refractivity (Wildman–Crippen MR) is 90.1 cm³/mol. The lowest BCUT2D eigenvalue weighted by atomic mass is 10.1. The summed E-state index contributed by atoms with van der Waals surface area (Å²) in [7, 11) is 0. The minimum Gasteiger partial charge on any atom is -0.480 e. The number of alkyl halides is 3. The van der Waals surface area contributed by atoms with Gasteiger partial charge in [0.1, 0.15) is 23.6 Å². The van der Waals surface area contributed by atoms with Crippen LogP contribution in [0, 0.1) is 10.1 Å². The fourth-order valence-corrected chi connectivity index (χ4v) is 2.35. The number of hydroxylamine groups is 2. The van der Waals surface area contributed by atoms with E-state index in [1.165, 1.54) is 0 Å². The molecule has 0 aliphatic carbocycles. The van der Waals surface area contributed by atoms with Crippen molar-refractivity contribution in [3.8, 4) is 11.5 Å². The van der Waals surface area contributed by atoms with Gasteiger partial charge in [-0.2, -0.15) is 13.2 Å². The Morgan fingerprint density at radius 1 is 1.21 bits per heavy atom. The molecule has 2 aromatic rings. The van der Waals surface area contributed by atoms with E-state index >= 15 is 0 Å². The summed E-state index contributed by atoms with van der Waals surface area (Å²) in [6.07, 6.45) is -4.64. The number of benzene rings is 2. The zero-order valence-electron chi connectivity index (χ0n) is 14.0. The van der Waals surface area contributed by atoms with Crippen LogP contribution in [0.4, 0.5) is 18.9 Å². The number of nitro groups is 1. The van der Waals surface area contributed by atoms with Gasteiger partial charge in [0.25, 0.3) is 11.6 Å². The molecule has 2 N–H and O–H groups in total. The van der Waals surface area contributed by atoms with Gasteiger partial charge in [-0.3, -0.25) is 24.9 Å². The third kappa shape index (κ3) is 5.33. The van der Waals surface area contributed by atoms with Gasteiger partial charge in [-0.05, 0) is 24.3 Å². The maximum absolute atomic E-state index is 12.7. The Labute approximate surface area is 164 Å². The monoisotopic (exact) mass is 434 g/mol. The highest BCUT2D eigenvalue weighted by Crippen LogP contribution is 2.37. The van der Waals surface area contributed by atoms with Crippen LogP contribution >= 0.6 is 11.6 Å². The number of ether oxygens (including phenoxy) is 1. The summed E-state index contributed by atoms with van der Waals surface area (Å²) in [6.45, 7) is -1.15. The first kappa shape index (κ1) is 21.9. The normalized spacial score (nSPS) is 11.1. The standard InChI is InChI=1S/C16H10ClF3N2O7/c17-11-5-8(16(18,19)20)1-4-13(11)29-9-2-3-12(22(27)28)10(6-9)15(25)21(26)7-14(23)24/h1-6,26H,7H2,(H,23,24). The van der Waals surface area contributed by atoms with Crippen molar-refractivity contribution in [1.29, 1.82) is 0 Å². The van der Waals surface area contributed by atoms with Gasteiger partial charge in [0.05, 0.1) is 15.5 Å². The molecule has 0 fully saturated rings. The number of halogens is 4. The molecule has 0 aliphatic rings. The molecule has 2 rings (SSSR count). The van der Waals surface area contributed by atoms with Crippen LogP contribution in [0.5, 0.6) is 11.5 Å². The lowest BCUT2D eigenvalue weighted by Crippen LogP contribution is -2.33. The van der Waals surface area contributed by atoms with Crippen molar-refractivity contribution in [1.82, 2.24) is 5.06 Å². The number of nitro benzene ring substituents is 1. The molecule has 0 saturated carbocycles. The average molecular weight is 435 g/mol. The van der Waals surface area contributed by atoms with Crippen molar-refractivity contribution >= 4 is 29.2 Å². The molecule has 13 heteroatoms. The van der Waals surface area contributed by atoms with E-state index in [1.807, 2.05) is 0 Å². The molecule has 0 bridgehead atoms. The highest BCUT2D eigenvalue weighted by Gasteiger charge is 2.31. The Bertz CT molecular complexity index is 981. The molecule has 2 aromatic carbocycles. The third-order valence-corrected chi connectivity index (χ3v) is 3.70. The van der Waals surface area contributed by atoms with Gasteiger partial charge in [-0.25, -0.2) is 5.06 Å². The molecule has 0 atom stereocenters. The number of nitrogens with zero attached hydrogens (tertiary/aromatic N) is 2. The van der Waals surface area contributed by atoms with E-state index in [0.717, 1.165) is 24.3 Å². The summed E-state index contributed by atoms with van der Waals surface area (Å²) in [6, 6.07) is 4.92. The van der Waals surface area contributed by atoms with E-state index in [4.69, 9.17) is 21.4 Å². The van der Waals surface area contributed by atoms with E-state index < -0.39 is 51.4 Å². The zero-order chi connectivity index (χ0) is 21.9. The number of rotatable bonds is 6.